The highest BCUT2D eigenvalue weighted by Crippen LogP contribution is 2.25. The first kappa shape index (κ1) is 14.2. The zero-order valence-corrected chi connectivity index (χ0v) is 12.1. The highest BCUT2D eigenvalue weighted by molar-refractivity contribution is 6.30. The molecule has 1 fully saturated rings. The van der Waals surface area contributed by atoms with Gasteiger partial charge in [0, 0.05) is 11.1 Å². The number of halogens is 1. The second-order valence-corrected chi connectivity index (χ2v) is 5.78. The fourth-order valence-corrected chi connectivity index (χ4v) is 2.63. The molecule has 1 saturated carbocycles. The number of benzene rings is 1. The minimum Gasteiger partial charge on any atom is -0.481 e. The number of amides is 1. The van der Waals surface area contributed by atoms with Crippen LogP contribution in [0.1, 0.15) is 33.1 Å². The SMILES string of the molecule is CC1CCC(NC(=O)C(C)Oc2cccc(Cl)c2)C1. The van der Waals surface area contributed by atoms with Crippen LogP contribution in [0.2, 0.25) is 5.02 Å². The van der Waals surface area contributed by atoms with Gasteiger partial charge in [0.05, 0.1) is 0 Å². The number of rotatable bonds is 4. The van der Waals surface area contributed by atoms with Crippen molar-refractivity contribution < 1.29 is 9.53 Å². The van der Waals surface area contributed by atoms with Gasteiger partial charge in [0.25, 0.3) is 5.91 Å². The number of ether oxygens (including phenoxy) is 1. The lowest BCUT2D eigenvalue weighted by atomic mass is 10.1. The fourth-order valence-electron chi connectivity index (χ4n) is 2.45. The molecule has 1 amide bonds. The van der Waals surface area contributed by atoms with Crippen molar-refractivity contribution in [1.82, 2.24) is 5.32 Å². The van der Waals surface area contributed by atoms with E-state index in [0.29, 0.717) is 22.7 Å². The van der Waals surface area contributed by atoms with Crippen LogP contribution < -0.4 is 10.1 Å². The summed E-state index contributed by atoms with van der Waals surface area (Å²) < 4.78 is 5.60. The van der Waals surface area contributed by atoms with E-state index in [1.54, 1.807) is 31.2 Å². The normalized spacial score (nSPS) is 23.9. The van der Waals surface area contributed by atoms with Crippen molar-refractivity contribution in [3.05, 3.63) is 29.3 Å². The van der Waals surface area contributed by atoms with Crippen molar-refractivity contribution in [3.63, 3.8) is 0 Å². The predicted molar refractivity (Wildman–Crippen MR) is 76.5 cm³/mol. The number of hydrogen-bond donors (Lipinski definition) is 1. The molecule has 3 unspecified atom stereocenters. The molecule has 1 aromatic rings. The predicted octanol–water partition coefficient (Wildman–Crippen LogP) is 3.41. The van der Waals surface area contributed by atoms with E-state index >= 15 is 0 Å². The van der Waals surface area contributed by atoms with E-state index < -0.39 is 6.10 Å². The highest BCUT2D eigenvalue weighted by Gasteiger charge is 2.25. The molecule has 104 valence electrons. The highest BCUT2D eigenvalue weighted by atomic mass is 35.5. The Hall–Kier alpha value is -1.22. The van der Waals surface area contributed by atoms with Gasteiger partial charge in [-0.25, -0.2) is 0 Å². The van der Waals surface area contributed by atoms with E-state index in [1.165, 1.54) is 6.42 Å². The van der Waals surface area contributed by atoms with Crippen molar-refractivity contribution >= 4 is 17.5 Å². The number of carbonyl (C=O) groups is 1. The largest absolute Gasteiger partial charge is 0.481 e. The van der Waals surface area contributed by atoms with Crippen molar-refractivity contribution in [2.45, 2.75) is 45.3 Å². The molecule has 1 aromatic carbocycles. The molecule has 0 radical (unpaired) electrons. The first-order chi connectivity index (χ1) is 9.04. The molecule has 0 bridgehead atoms. The average Bonchev–Trinajstić information content (AvgIpc) is 2.74. The number of hydrogen-bond acceptors (Lipinski definition) is 2. The average molecular weight is 282 g/mol. The van der Waals surface area contributed by atoms with Crippen LogP contribution in [0.5, 0.6) is 5.75 Å². The Bertz CT molecular complexity index is 450. The molecule has 4 heteroatoms. The van der Waals surface area contributed by atoms with E-state index in [9.17, 15) is 4.79 Å². The van der Waals surface area contributed by atoms with Gasteiger partial charge in [0.1, 0.15) is 5.75 Å². The summed E-state index contributed by atoms with van der Waals surface area (Å²) in [5, 5.41) is 3.65. The van der Waals surface area contributed by atoms with Crippen LogP contribution in [0.3, 0.4) is 0 Å². The maximum atomic E-state index is 12.0. The van der Waals surface area contributed by atoms with Crippen LogP contribution in [0.25, 0.3) is 0 Å². The van der Waals surface area contributed by atoms with Gasteiger partial charge in [-0.05, 0) is 50.3 Å². The molecular weight excluding hydrogens is 262 g/mol. The smallest absolute Gasteiger partial charge is 0.260 e. The standard InChI is InChI=1S/C15H20ClNO2/c1-10-6-7-13(8-10)17-15(18)11(2)19-14-5-3-4-12(16)9-14/h3-5,9-11,13H,6-8H2,1-2H3,(H,17,18). The summed E-state index contributed by atoms with van der Waals surface area (Å²) >= 11 is 5.88. The Morgan fingerprint density at radius 2 is 2.26 bits per heavy atom. The molecule has 19 heavy (non-hydrogen) atoms. The monoisotopic (exact) mass is 281 g/mol. The Kier molecular flexibility index (Phi) is 4.70. The summed E-state index contributed by atoms with van der Waals surface area (Å²) in [7, 11) is 0. The molecule has 1 aliphatic carbocycles. The quantitative estimate of drug-likeness (QED) is 0.918. The summed E-state index contributed by atoms with van der Waals surface area (Å²) in [6.07, 6.45) is 2.82. The molecular formula is C15H20ClNO2. The molecule has 1 N–H and O–H groups in total. The van der Waals surface area contributed by atoms with Crippen LogP contribution in [-0.2, 0) is 4.79 Å². The Labute approximate surface area is 119 Å². The molecule has 1 aliphatic rings. The van der Waals surface area contributed by atoms with Crippen molar-refractivity contribution in [1.29, 1.82) is 0 Å². The molecule has 0 aromatic heterocycles. The first-order valence-electron chi connectivity index (χ1n) is 6.77. The zero-order chi connectivity index (χ0) is 13.8. The Morgan fingerprint density at radius 3 is 2.89 bits per heavy atom. The lowest BCUT2D eigenvalue weighted by molar-refractivity contribution is -0.127. The van der Waals surface area contributed by atoms with Gasteiger partial charge in [-0.1, -0.05) is 24.6 Å². The summed E-state index contributed by atoms with van der Waals surface area (Å²) in [5.74, 6) is 1.27. The van der Waals surface area contributed by atoms with E-state index in [4.69, 9.17) is 16.3 Å². The summed E-state index contributed by atoms with van der Waals surface area (Å²) in [4.78, 5) is 12.0. The number of nitrogens with one attached hydrogen (secondary N) is 1. The third kappa shape index (κ3) is 4.13. The van der Waals surface area contributed by atoms with Gasteiger partial charge in [0.2, 0.25) is 0 Å². The second kappa shape index (κ2) is 6.29. The molecule has 2 rings (SSSR count). The molecule has 3 atom stereocenters. The first-order valence-corrected chi connectivity index (χ1v) is 7.15. The molecule has 0 aliphatic heterocycles. The lowest BCUT2D eigenvalue weighted by Gasteiger charge is -2.18. The van der Waals surface area contributed by atoms with Crippen molar-refractivity contribution in [2.75, 3.05) is 0 Å². The summed E-state index contributed by atoms with van der Waals surface area (Å²) in [6, 6.07) is 7.39. The van der Waals surface area contributed by atoms with Gasteiger partial charge < -0.3 is 10.1 Å². The van der Waals surface area contributed by atoms with E-state index in [1.807, 2.05) is 0 Å². The van der Waals surface area contributed by atoms with Crippen LogP contribution in [0, 0.1) is 5.92 Å². The van der Waals surface area contributed by atoms with Gasteiger partial charge in [-0.2, -0.15) is 0 Å². The van der Waals surface area contributed by atoms with Crippen LogP contribution in [0.4, 0.5) is 0 Å². The minimum atomic E-state index is -0.505. The molecule has 0 heterocycles. The third-order valence-corrected chi connectivity index (χ3v) is 3.75. The van der Waals surface area contributed by atoms with Crippen LogP contribution in [-0.4, -0.2) is 18.1 Å². The van der Waals surface area contributed by atoms with E-state index in [0.717, 1.165) is 12.8 Å². The van der Waals surface area contributed by atoms with E-state index in [-0.39, 0.29) is 5.91 Å². The van der Waals surface area contributed by atoms with Gasteiger partial charge in [-0.15, -0.1) is 0 Å². The van der Waals surface area contributed by atoms with Gasteiger partial charge in [0.15, 0.2) is 6.10 Å². The van der Waals surface area contributed by atoms with Gasteiger partial charge >= 0.3 is 0 Å². The minimum absolute atomic E-state index is 0.0564. The van der Waals surface area contributed by atoms with Crippen LogP contribution >= 0.6 is 11.6 Å². The van der Waals surface area contributed by atoms with Crippen LogP contribution in [0.15, 0.2) is 24.3 Å². The lowest BCUT2D eigenvalue weighted by Crippen LogP contribution is -2.41. The van der Waals surface area contributed by atoms with Crippen molar-refractivity contribution in [3.8, 4) is 5.75 Å². The maximum absolute atomic E-state index is 12.0. The topological polar surface area (TPSA) is 38.3 Å². The van der Waals surface area contributed by atoms with Crippen molar-refractivity contribution in [2.24, 2.45) is 5.92 Å². The summed E-state index contributed by atoms with van der Waals surface area (Å²) in [6.45, 7) is 3.98. The fraction of sp³-hybridized carbons (Fsp3) is 0.533. The maximum Gasteiger partial charge on any atom is 0.260 e. The Balaban J connectivity index is 1.85. The molecule has 0 saturated heterocycles. The van der Waals surface area contributed by atoms with Gasteiger partial charge in [-0.3, -0.25) is 4.79 Å². The summed E-state index contributed by atoms with van der Waals surface area (Å²) in [5.41, 5.74) is 0. The molecule has 0 spiro atoms. The van der Waals surface area contributed by atoms with E-state index in [2.05, 4.69) is 12.2 Å². The number of carbonyl (C=O) groups excluding carboxylic acids is 1. The molecule has 3 nitrogen and oxygen atoms in total. The Morgan fingerprint density at radius 1 is 1.47 bits per heavy atom. The second-order valence-electron chi connectivity index (χ2n) is 5.34. The zero-order valence-electron chi connectivity index (χ0n) is 11.4. The third-order valence-electron chi connectivity index (χ3n) is 3.52.